The van der Waals surface area contributed by atoms with Gasteiger partial charge >= 0.3 is 0 Å². The average Bonchev–Trinajstić information content (AvgIpc) is 2.99. The van der Waals surface area contributed by atoms with E-state index in [1.54, 1.807) is 11.2 Å². The van der Waals surface area contributed by atoms with Gasteiger partial charge in [-0.1, -0.05) is 0 Å². The van der Waals surface area contributed by atoms with Crippen molar-refractivity contribution in [3.63, 3.8) is 0 Å². The molecule has 0 aliphatic carbocycles. The van der Waals surface area contributed by atoms with Crippen LogP contribution in [0.4, 0.5) is 5.82 Å². The van der Waals surface area contributed by atoms with Gasteiger partial charge in [-0.2, -0.15) is 4.31 Å². The molecule has 0 aromatic carbocycles. The fourth-order valence-electron chi connectivity index (χ4n) is 3.12. The lowest BCUT2D eigenvalue weighted by molar-refractivity contribution is 0.385. The van der Waals surface area contributed by atoms with Gasteiger partial charge < -0.3 is 4.90 Å². The summed E-state index contributed by atoms with van der Waals surface area (Å²) in [6.07, 6.45) is 3.11. The molecule has 0 N–H and O–H groups in total. The lowest BCUT2D eigenvalue weighted by Crippen LogP contribution is -2.38. The highest BCUT2D eigenvalue weighted by molar-refractivity contribution is 7.89. The van der Waals surface area contributed by atoms with Crippen molar-refractivity contribution in [3.8, 4) is 0 Å². The quantitative estimate of drug-likeness (QED) is 0.836. The van der Waals surface area contributed by atoms with E-state index in [1.165, 1.54) is 12.8 Å². The molecule has 0 spiro atoms. The molecule has 0 saturated carbocycles. The number of anilines is 1. The van der Waals surface area contributed by atoms with Crippen LogP contribution in [0, 0.1) is 6.92 Å². The van der Waals surface area contributed by atoms with Crippen LogP contribution in [0.25, 0.3) is 0 Å². The lowest BCUT2D eigenvalue weighted by atomic mass is 10.1. The topological polar surface area (TPSA) is 66.4 Å². The van der Waals surface area contributed by atoms with E-state index in [0.717, 1.165) is 36.0 Å². The Hall–Kier alpha value is -1.21. The first kappa shape index (κ1) is 14.7. The fourth-order valence-corrected chi connectivity index (χ4v) is 4.17. The van der Waals surface area contributed by atoms with E-state index >= 15 is 0 Å². The maximum Gasteiger partial charge on any atom is 0.214 e. The van der Waals surface area contributed by atoms with Crippen molar-refractivity contribution < 1.29 is 8.42 Å². The van der Waals surface area contributed by atoms with Crippen molar-refractivity contribution in [2.24, 2.45) is 0 Å². The molecule has 2 aliphatic heterocycles. The molecule has 1 saturated heterocycles. The molecule has 21 heavy (non-hydrogen) atoms. The van der Waals surface area contributed by atoms with E-state index in [4.69, 9.17) is 0 Å². The molecule has 0 amide bonds. The monoisotopic (exact) mass is 310 g/mol. The van der Waals surface area contributed by atoms with Gasteiger partial charge in [-0.25, -0.2) is 18.4 Å². The average molecular weight is 310 g/mol. The first-order valence-electron chi connectivity index (χ1n) is 7.60. The largest absolute Gasteiger partial charge is 0.356 e. The number of hydrogen-bond donors (Lipinski definition) is 0. The van der Waals surface area contributed by atoms with Crippen LogP contribution in [0.5, 0.6) is 0 Å². The van der Waals surface area contributed by atoms with Crippen LogP contribution in [0.15, 0.2) is 0 Å². The first-order chi connectivity index (χ1) is 10.0. The molecule has 6 nitrogen and oxygen atoms in total. The van der Waals surface area contributed by atoms with Crippen molar-refractivity contribution in [1.29, 1.82) is 0 Å². The standard InChI is InChI=1S/C14H22N4O2S/c1-3-21(19,20)18-9-6-12-13(10-18)15-11(2)16-14(12)17-7-4-5-8-17/h3-10H2,1-2H3. The smallest absolute Gasteiger partial charge is 0.214 e. The number of fused-ring (bicyclic) bond motifs is 1. The second kappa shape index (κ2) is 5.53. The van der Waals surface area contributed by atoms with Crippen molar-refractivity contribution >= 4 is 15.8 Å². The lowest BCUT2D eigenvalue weighted by Gasteiger charge is -2.30. The molecule has 0 radical (unpaired) electrons. The van der Waals surface area contributed by atoms with Crippen LogP contribution in [0.1, 0.15) is 36.8 Å². The molecule has 1 aromatic heterocycles. The molecule has 0 bridgehead atoms. The third-order valence-electron chi connectivity index (χ3n) is 4.28. The molecule has 116 valence electrons. The Labute approximate surface area is 126 Å². The summed E-state index contributed by atoms with van der Waals surface area (Å²) < 4.78 is 25.7. The van der Waals surface area contributed by atoms with Crippen LogP contribution in [0.3, 0.4) is 0 Å². The number of hydrogen-bond acceptors (Lipinski definition) is 5. The Morgan fingerprint density at radius 3 is 2.52 bits per heavy atom. The zero-order valence-corrected chi connectivity index (χ0v) is 13.5. The Morgan fingerprint density at radius 2 is 1.86 bits per heavy atom. The third kappa shape index (κ3) is 2.76. The SMILES string of the molecule is CCS(=O)(=O)N1CCc2c(nc(C)nc2N2CCCC2)C1. The molecular formula is C14H22N4O2S. The molecule has 1 fully saturated rings. The van der Waals surface area contributed by atoms with Crippen molar-refractivity contribution in [2.75, 3.05) is 30.3 Å². The van der Waals surface area contributed by atoms with Crippen molar-refractivity contribution in [3.05, 3.63) is 17.1 Å². The van der Waals surface area contributed by atoms with Crippen LogP contribution in [-0.2, 0) is 23.0 Å². The Bertz CT molecular complexity index is 639. The van der Waals surface area contributed by atoms with Crippen molar-refractivity contribution in [2.45, 2.75) is 39.7 Å². The van der Waals surface area contributed by atoms with E-state index in [0.29, 0.717) is 19.5 Å². The van der Waals surface area contributed by atoms with E-state index in [9.17, 15) is 8.42 Å². The van der Waals surface area contributed by atoms with Gasteiger partial charge in [0.05, 0.1) is 18.0 Å². The van der Waals surface area contributed by atoms with E-state index in [1.807, 2.05) is 6.92 Å². The fraction of sp³-hybridized carbons (Fsp3) is 0.714. The van der Waals surface area contributed by atoms with Gasteiger partial charge in [0.1, 0.15) is 11.6 Å². The summed E-state index contributed by atoms with van der Waals surface area (Å²) in [6, 6.07) is 0. The maximum absolute atomic E-state index is 12.1. The maximum atomic E-state index is 12.1. The molecular weight excluding hydrogens is 288 g/mol. The molecule has 3 heterocycles. The zero-order valence-electron chi connectivity index (χ0n) is 12.7. The number of aryl methyl sites for hydroxylation is 1. The highest BCUT2D eigenvalue weighted by Gasteiger charge is 2.30. The second-order valence-electron chi connectivity index (χ2n) is 5.70. The van der Waals surface area contributed by atoms with Gasteiger partial charge in [-0.05, 0) is 33.1 Å². The molecule has 2 aliphatic rings. The van der Waals surface area contributed by atoms with Gasteiger partial charge in [0.25, 0.3) is 0 Å². The number of nitrogens with zero attached hydrogens (tertiary/aromatic N) is 4. The zero-order chi connectivity index (χ0) is 15.0. The normalized spacial score (nSPS) is 19.8. The third-order valence-corrected chi connectivity index (χ3v) is 6.11. The van der Waals surface area contributed by atoms with Gasteiger partial charge in [0.15, 0.2) is 0 Å². The minimum absolute atomic E-state index is 0.144. The minimum atomic E-state index is -3.15. The van der Waals surface area contributed by atoms with E-state index in [-0.39, 0.29) is 5.75 Å². The van der Waals surface area contributed by atoms with E-state index < -0.39 is 10.0 Å². The summed E-state index contributed by atoms with van der Waals surface area (Å²) in [5, 5.41) is 0. The Balaban J connectivity index is 1.96. The minimum Gasteiger partial charge on any atom is -0.356 e. The molecule has 0 atom stereocenters. The Morgan fingerprint density at radius 1 is 1.14 bits per heavy atom. The van der Waals surface area contributed by atoms with Crippen LogP contribution < -0.4 is 4.90 Å². The van der Waals surface area contributed by atoms with Crippen LogP contribution in [0.2, 0.25) is 0 Å². The van der Waals surface area contributed by atoms with E-state index in [2.05, 4.69) is 14.9 Å². The molecule has 0 unspecified atom stereocenters. The van der Waals surface area contributed by atoms with Crippen LogP contribution >= 0.6 is 0 Å². The predicted octanol–water partition coefficient (Wildman–Crippen LogP) is 1.09. The highest BCUT2D eigenvalue weighted by Crippen LogP contribution is 2.29. The van der Waals surface area contributed by atoms with Gasteiger partial charge in [-0.3, -0.25) is 0 Å². The molecule has 7 heteroatoms. The highest BCUT2D eigenvalue weighted by atomic mass is 32.2. The summed E-state index contributed by atoms with van der Waals surface area (Å²) in [4.78, 5) is 11.4. The summed E-state index contributed by atoms with van der Waals surface area (Å²) in [7, 11) is -3.15. The van der Waals surface area contributed by atoms with Crippen LogP contribution in [-0.4, -0.2) is 48.1 Å². The number of aromatic nitrogens is 2. The number of sulfonamides is 1. The van der Waals surface area contributed by atoms with Gasteiger partial charge in [0.2, 0.25) is 10.0 Å². The summed E-state index contributed by atoms with van der Waals surface area (Å²) in [6.45, 7) is 6.57. The van der Waals surface area contributed by atoms with Crippen molar-refractivity contribution in [1.82, 2.24) is 14.3 Å². The summed E-state index contributed by atoms with van der Waals surface area (Å²) >= 11 is 0. The summed E-state index contributed by atoms with van der Waals surface area (Å²) in [5.41, 5.74) is 2.03. The Kier molecular flexibility index (Phi) is 3.88. The molecule has 1 aromatic rings. The predicted molar refractivity (Wildman–Crippen MR) is 81.8 cm³/mol. The molecule has 3 rings (SSSR count). The van der Waals surface area contributed by atoms with Gasteiger partial charge in [0, 0.05) is 25.2 Å². The first-order valence-corrected chi connectivity index (χ1v) is 9.21. The van der Waals surface area contributed by atoms with Gasteiger partial charge in [-0.15, -0.1) is 0 Å². The summed E-state index contributed by atoms with van der Waals surface area (Å²) in [5.74, 6) is 1.90. The number of rotatable bonds is 3. The second-order valence-corrected chi connectivity index (χ2v) is 7.96.